The summed E-state index contributed by atoms with van der Waals surface area (Å²) in [6, 6.07) is 8.43. The molecule has 7 nitrogen and oxygen atoms in total. The van der Waals surface area contributed by atoms with E-state index in [0.29, 0.717) is 22.9 Å². The molecule has 26 heavy (non-hydrogen) atoms. The van der Waals surface area contributed by atoms with E-state index in [-0.39, 0.29) is 17.2 Å². The standard InChI is InChI=1S/C18H22N2O5S/c1-3-4-9-16(18(22)23)20-26(24,25)17-11-10-15(19-12(2)21)13-7-5-6-8-14(13)17/h5-8,10-11,16,20H,3-4,9H2,1-2H3,(H,19,21)(H,22,23)/t16-/m0/s1. The number of unbranched alkanes of at least 4 members (excludes halogenated alkanes) is 1. The number of aliphatic carboxylic acids is 1. The van der Waals surface area contributed by atoms with E-state index in [1.54, 1.807) is 24.3 Å². The maximum absolute atomic E-state index is 12.8. The molecule has 2 aromatic rings. The SMILES string of the molecule is CCCC[C@H](NS(=O)(=O)c1ccc(NC(C)=O)c2ccccc12)C(=O)O. The van der Waals surface area contributed by atoms with Crippen LogP contribution in [0.2, 0.25) is 0 Å². The van der Waals surface area contributed by atoms with E-state index < -0.39 is 22.0 Å². The van der Waals surface area contributed by atoms with Crippen LogP contribution in [0, 0.1) is 0 Å². The molecule has 0 bridgehead atoms. The number of amides is 1. The number of nitrogens with one attached hydrogen (secondary N) is 2. The minimum atomic E-state index is -4.05. The van der Waals surface area contributed by atoms with Crippen LogP contribution < -0.4 is 10.0 Å². The number of fused-ring (bicyclic) bond motifs is 1. The summed E-state index contributed by atoms with van der Waals surface area (Å²) in [5, 5.41) is 12.9. The van der Waals surface area contributed by atoms with Gasteiger partial charge in [-0.2, -0.15) is 4.72 Å². The number of rotatable bonds is 8. The van der Waals surface area contributed by atoms with Gasteiger partial charge in [0.2, 0.25) is 15.9 Å². The largest absolute Gasteiger partial charge is 0.480 e. The molecule has 2 rings (SSSR count). The summed E-state index contributed by atoms with van der Waals surface area (Å²) in [4.78, 5) is 22.7. The van der Waals surface area contributed by atoms with Crippen LogP contribution >= 0.6 is 0 Å². The Labute approximate surface area is 152 Å². The number of carbonyl (C=O) groups is 2. The molecule has 0 aliphatic carbocycles. The quantitative estimate of drug-likeness (QED) is 0.654. The lowest BCUT2D eigenvalue weighted by Crippen LogP contribution is -2.40. The monoisotopic (exact) mass is 378 g/mol. The number of carbonyl (C=O) groups excluding carboxylic acids is 1. The van der Waals surface area contributed by atoms with Crippen molar-refractivity contribution in [3.63, 3.8) is 0 Å². The molecule has 3 N–H and O–H groups in total. The first-order valence-electron chi connectivity index (χ1n) is 8.30. The van der Waals surface area contributed by atoms with Crippen LogP contribution in [0.4, 0.5) is 5.69 Å². The summed E-state index contributed by atoms with van der Waals surface area (Å²) in [5.41, 5.74) is 0.493. The summed E-state index contributed by atoms with van der Waals surface area (Å²) in [6.45, 7) is 3.27. The normalized spacial score (nSPS) is 12.7. The first-order chi connectivity index (χ1) is 12.3. The smallest absolute Gasteiger partial charge is 0.321 e. The Balaban J connectivity index is 2.48. The second-order valence-corrected chi connectivity index (χ2v) is 7.67. The van der Waals surface area contributed by atoms with Crippen LogP contribution in [-0.2, 0) is 19.6 Å². The van der Waals surface area contributed by atoms with Gasteiger partial charge in [0.1, 0.15) is 6.04 Å². The molecule has 1 atom stereocenters. The van der Waals surface area contributed by atoms with Crippen molar-refractivity contribution in [2.75, 3.05) is 5.32 Å². The fraction of sp³-hybridized carbons (Fsp3) is 0.333. The third-order valence-corrected chi connectivity index (χ3v) is 5.46. The lowest BCUT2D eigenvalue weighted by molar-refractivity contribution is -0.139. The van der Waals surface area contributed by atoms with E-state index in [4.69, 9.17) is 0 Å². The Morgan fingerprint density at radius 2 is 1.77 bits per heavy atom. The van der Waals surface area contributed by atoms with Gasteiger partial charge in [0.25, 0.3) is 0 Å². The van der Waals surface area contributed by atoms with Crippen molar-refractivity contribution >= 4 is 38.4 Å². The van der Waals surface area contributed by atoms with Crippen LogP contribution in [0.5, 0.6) is 0 Å². The minimum absolute atomic E-state index is 0.0232. The van der Waals surface area contributed by atoms with Gasteiger partial charge < -0.3 is 10.4 Å². The highest BCUT2D eigenvalue weighted by molar-refractivity contribution is 7.89. The zero-order valence-electron chi connectivity index (χ0n) is 14.7. The second-order valence-electron chi connectivity index (χ2n) is 5.99. The number of benzene rings is 2. The fourth-order valence-electron chi connectivity index (χ4n) is 2.70. The van der Waals surface area contributed by atoms with Gasteiger partial charge in [0, 0.05) is 23.4 Å². The molecular formula is C18H22N2O5S. The summed E-state index contributed by atoms with van der Waals surface area (Å²) in [7, 11) is -4.05. The van der Waals surface area contributed by atoms with E-state index in [0.717, 1.165) is 6.42 Å². The van der Waals surface area contributed by atoms with Crippen molar-refractivity contribution < 1.29 is 23.1 Å². The average Bonchev–Trinajstić information content (AvgIpc) is 2.58. The van der Waals surface area contributed by atoms with Gasteiger partial charge >= 0.3 is 5.97 Å². The first kappa shape index (κ1) is 19.9. The molecule has 140 valence electrons. The zero-order chi connectivity index (χ0) is 19.3. The van der Waals surface area contributed by atoms with Crippen LogP contribution in [0.25, 0.3) is 10.8 Å². The number of carboxylic acid groups (broad SMARTS) is 1. The van der Waals surface area contributed by atoms with Crippen molar-refractivity contribution in [1.82, 2.24) is 4.72 Å². The average molecular weight is 378 g/mol. The van der Waals surface area contributed by atoms with Crippen LogP contribution in [0.15, 0.2) is 41.3 Å². The highest BCUT2D eigenvalue weighted by Crippen LogP contribution is 2.29. The minimum Gasteiger partial charge on any atom is -0.480 e. The van der Waals surface area contributed by atoms with E-state index in [1.165, 1.54) is 19.1 Å². The molecule has 0 saturated carbocycles. The first-order valence-corrected chi connectivity index (χ1v) is 9.79. The van der Waals surface area contributed by atoms with Crippen LogP contribution in [0.3, 0.4) is 0 Å². The summed E-state index contributed by atoms with van der Waals surface area (Å²) in [6.07, 6.45) is 1.58. The molecule has 0 heterocycles. The van der Waals surface area contributed by atoms with Gasteiger partial charge in [0.15, 0.2) is 0 Å². The molecule has 1 amide bonds. The highest BCUT2D eigenvalue weighted by atomic mass is 32.2. The molecule has 8 heteroatoms. The molecule has 0 aliphatic rings. The zero-order valence-corrected chi connectivity index (χ0v) is 15.5. The van der Waals surface area contributed by atoms with E-state index >= 15 is 0 Å². The Kier molecular flexibility index (Phi) is 6.33. The molecule has 0 radical (unpaired) electrons. The Bertz CT molecular complexity index is 924. The van der Waals surface area contributed by atoms with Crippen molar-refractivity contribution in [3.05, 3.63) is 36.4 Å². The molecule has 0 spiro atoms. The second kappa shape index (κ2) is 8.29. The van der Waals surface area contributed by atoms with E-state index in [1.807, 2.05) is 6.92 Å². The Morgan fingerprint density at radius 3 is 2.35 bits per heavy atom. The lowest BCUT2D eigenvalue weighted by atomic mass is 10.1. The maximum atomic E-state index is 12.8. The highest BCUT2D eigenvalue weighted by Gasteiger charge is 2.26. The van der Waals surface area contributed by atoms with Gasteiger partial charge in [0.05, 0.1) is 4.90 Å². The Morgan fingerprint density at radius 1 is 1.12 bits per heavy atom. The molecular weight excluding hydrogens is 356 g/mol. The fourth-order valence-corrected chi connectivity index (χ4v) is 4.13. The van der Waals surface area contributed by atoms with Crippen molar-refractivity contribution in [1.29, 1.82) is 0 Å². The number of sulfonamides is 1. The summed E-state index contributed by atoms with van der Waals surface area (Å²) >= 11 is 0. The predicted molar refractivity (Wildman–Crippen MR) is 99.5 cm³/mol. The van der Waals surface area contributed by atoms with Crippen LogP contribution in [0.1, 0.15) is 33.1 Å². The van der Waals surface area contributed by atoms with Crippen LogP contribution in [-0.4, -0.2) is 31.4 Å². The van der Waals surface area contributed by atoms with E-state index in [9.17, 15) is 23.1 Å². The number of hydrogen-bond acceptors (Lipinski definition) is 4. The number of anilines is 1. The molecule has 2 aromatic carbocycles. The molecule has 0 saturated heterocycles. The third kappa shape index (κ3) is 4.59. The van der Waals surface area contributed by atoms with Crippen molar-refractivity contribution in [2.24, 2.45) is 0 Å². The van der Waals surface area contributed by atoms with Gasteiger partial charge in [-0.15, -0.1) is 0 Å². The summed E-state index contributed by atoms with van der Waals surface area (Å²) < 4.78 is 27.9. The van der Waals surface area contributed by atoms with Gasteiger partial charge in [-0.05, 0) is 18.6 Å². The van der Waals surface area contributed by atoms with Crippen molar-refractivity contribution in [2.45, 2.75) is 44.0 Å². The molecule has 0 fully saturated rings. The predicted octanol–water partition coefficient (Wildman–Crippen LogP) is 2.72. The van der Waals surface area contributed by atoms with Crippen molar-refractivity contribution in [3.8, 4) is 0 Å². The molecule has 0 aromatic heterocycles. The number of hydrogen-bond donors (Lipinski definition) is 3. The maximum Gasteiger partial charge on any atom is 0.321 e. The topological polar surface area (TPSA) is 113 Å². The van der Waals surface area contributed by atoms with Gasteiger partial charge in [-0.3, -0.25) is 9.59 Å². The summed E-state index contributed by atoms with van der Waals surface area (Å²) in [5.74, 6) is -1.48. The van der Waals surface area contributed by atoms with Gasteiger partial charge in [-0.1, -0.05) is 44.0 Å². The number of carboxylic acids is 1. The molecule has 0 aliphatic heterocycles. The van der Waals surface area contributed by atoms with E-state index in [2.05, 4.69) is 10.0 Å². The van der Waals surface area contributed by atoms with Gasteiger partial charge in [-0.25, -0.2) is 8.42 Å². The third-order valence-electron chi connectivity index (χ3n) is 3.93. The Hall–Kier alpha value is -2.45. The molecule has 0 unspecified atom stereocenters. The lowest BCUT2D eigenvalue weighted by Gasteiger charge is -2.16.